The van der Waals surface area contributed by atoms with Crippen molar-refractivity contribution in [3.63, 3.8) is 0 Å². The number of aromatic nitrogens is 4. The Balaban J connectivity index is 2.24. The molecule has 0 aliphatic heterocycles. The van der Waals surface area contributed by atoms with Gasteiger partial charge in [-0.2, -0.15) is 9.97 Å². The number of halogens is 2. The fourth-order valence-corrected chi connectivity index (χ4v) is 1.81. The smallest absolute Gasteiger partial charge is 0.342 e. The van der Waals surface area contributed by atoms with Crippen molar-refractivity contribution in [2.75, 3.05) is 11.9 Å². The Hall–Kier alpha value is -1.53. The van der Waals surface area contributed by atoms with Gasteiger partial charge < -0.3 is 10.1 Å². The van der Waals surface area contributed by atoms with Gasteiger partial charge in [-0.25, -0.2) is 0 Å². The first-order valence-corrected chi connectivity index (χ1v) is 6.49. The lowest BCUT2D eigenvalue weighted by Gasteiger charge is -2.09. The monoisotopic (exact) mass is 301 g/mol. The van der Waals surface area contributed by atoms with Gasteiger partial charge in [-0.1, -0.05) is 30.1 Å². The molecule has 2 aromatic heterocycles. The minimum atomic E-state index is 0.181. The molecule has 0 radical (unpaired) electrons. The Bertz CT molecular complexity index is 572. The van der Waals surface area contributed by atoms with Gasteiger partial charge in [0.25, 0.3) is 0 Å². The first-order valence-electron chi connectivity index (χ1n) is 5.73. The highest BCUT2D eigenvalue weighted by Gasteiger charge is 2.12. The SMILES string of the molecule is CCCNc1nc(Oc2ncn(C)n2)c(Cl)cc1Cl. The summed E-state index contributed by atoms with van der Waals surface area (Å²) in [7, 11) is 1.74. The quantitative estimate of drug-likeness (QED) is 0.919. The zero-order valence-electron chi connectivity index (χ0n) is 10.5. The van der Waals surface area contributed by atoms with E-state index in [0.29, 0.717) is 15.9 Å². The van der Waals surface area contributed by atoms with Crippen LogP contribution in [0, 0.1) is 0 Å². The number of pyridine rings is 1. The summed E-state index contributed by atoms with van der Waals surface area (Å²) < 4.78 is 6.94. The van der Waals surface area contributed by atoms with E-state index in [4.69, 9.17) is 27.9 Å². The van der Waals surface area contributed by atoms with Crippen molar-refractivity contribution < 1.29 is 4.74 Å². The van der Waals surface area contributed by atoms with E-state index in [1.807, 2.05) is 6.92 Å². The lowest BCUT2D eigenvalue weighted by molar-refractivity contribution is 0.423. The van der Waals surface area contributed by atoms with Crippen LogP contribution in [0.25, 0.3) is 0 Å². The van der Waals surface area contributed by atoms with Crippen LogP contribution in [0.5, 0.6) is 11.9 Å². The molecule has 0 aliphatic carbocycles. The number of ether oxygens (including phenoxy) is 1. The number of nitrogens with one attached hydrogen (secondary N) is 1. The van der Waals surface area contributed by atoms with Crippen molar-refractivity contribution in [3.05, 3.63) is 22.4 Å². The number of rotatable bonds is 5. The molecule has 0 unspecified atom stereocenters. The van der Waals surface area contributed by atoms with Gasteiger partial charge in [0.05, 0.1) is 5.02 Å². The summed E-state index contributed by atoms with van der Waals surface area (Å²) in [4.78, 5) is 8.17. The lowest BCUT2D eigenvalue weighted by atomic mass is 10.4. The molecule has 0 atom stereocenters. The maximum Gasteiger partial charge on any atom is 0.342 e. The van der Waals surface area contributed by atoms with Gasteiger partial charge in [0.2, 0.25) is 5.88 Å². The third kappa shape index (κ3) is 3.48. The number of hydrogen-bond acceptors (Lipinski definition) is 5. The highest BCUT2D eigenvalue weighted by Crippen LogP contribution is 2.32. The van der Waals surface area contributed by atoms with Crippen molar-refractivity contribution in [2.24, 2.45) is 7.05 Å². The summed E-state index contributed by atoms with van der Waals surface area (Å²) in [5, 5.41) is 7.84. The van der Waals surface area contributed by atoms with Crippen LogP contribution in [0.4, 0.5) is 5.82 Å². The van der Waals surface area contributed by atoms with Crippen molar-refractivity contribution in [1.82, 2.24) is 19.7 Å². The van der Waals surface area contributed by atoms with Crippen LogP contribution in [0.1, 0.15) is 13.3 Å². The first-order chi connectivity index (χ1) is 9.10. The molecule has 0 saturated heterocycles. The summed E-state index contributed by atoms with van der Waals surface area (Å²) in [6.07, 6.45) is 2.48. The summed E-state index contributed by atoms with van der Waals surface area (Å²) in [6, 6.07) is 1.76. The number of aryl methyl sites for hydroxylation is 1. The molecule has 0 amide bonds. The molecule has 1 N–H and O–H groups in total. The summed E-state index contributed by atoms with van der Waals surface area (Å²) in [5.74, 6) is 0.745. The molecule has 2 aromatic rings. The highest BCUT2D eigenvalue weighted by molar-refractivity contribution is 6.36. The van der Waals surface area contributed by atoms with Crippen molar-refractivity contribution in [1.29, 1.82) is 0 Å². The molecule has 6 nitrogen and oxygen atoms in total. The average Bonchev–Trinajstić information content (AvgIpc) is 2.77. The third-order valence-electron chi connectivity index (χ3n) is 2.21. The summed E-state index contributed by atoms with van der Waals surface area (Å²) >= 11 is 12.1. The molecule has 102 valence electrons. The van der Waals surface area contributed by atoms with E-state index in [9.17, 15) is 0 Å². The van der Waals surface area contributed by atoms with Crippen LogP contribution in [-0.2, 0) is 7.05 Å². The first kappa shape index (κ1) is 13.9. The molecule has 0 aliphatic rings. The maximum atomic E-state index is 6.04. The molecular weight excluding hydrogens is 289 g/mol. The van der Waals surface area contributed by atoms with Gasteiger partial charge >= 0.3 is 6.01 Å². The predicted molar refractivity (Wildman–Crippen MR) is 74.1 cm³/mol. The summed E-state index contributed by atoms with van der Waals surface area (Å²) in [5.41, 5.74) is 0. The molecule has 2 rings (SSSR count). The molecule has 19 heavy (non-hydrogen) atoms. The fraction of sp³-hybridized carbons (Fsp3) is 0.364. The van der Waals surface area contributed by atoms with Crippen LogP contribution in [0.3, 0.4) is 0 Å². The molecule has 0 spiro atoms. The topological polar surface area (TPSA) is 64.9 Å². The lowest BCUT2D eigenvalue weighted by Crippen LogP contribution is -2.04. The molecule has 0 bridgehead atoms. The molecule has 0 fully saturated rings. The van der Waals surface area contributed by atoms with E-state index in [1.54, 1.807) is 13.1 Å². The Kier molecular flexibility index (Phi) is 4.44. The van der Waals surface area contributed by atoms with Crippen LogP contribution in [0.15, 0.2) is 12.4 Å². The summed E-state index contributed by atoms with van der Waals surface area (Å²) in [6.45, 7) is 2.81. The standard InChI is InChI=1S/C11H13Cl2N5O/c1-3-4-14-9-7(12)5-8(13)10(16-9)19-11-15-6-18(2)17-11/h5-6H,3-4H2,1-2H3,(H,14,16). The van der Waals surface area contributed by atoms with E-state index >= 15 is 0 Å². The van der Waals surface area contributed by atoms with Gasteiger partial charge in [0.1, 0.15) is 17.2 Å². The van der Waals surface area contributed by atoms with Gasteiger partial charge in [0.15, 0.2) is 0 Å². The molecule has 8 heteroatoms. The normalized spacial score (nSPS) is 10.5. The van der Waals surface area contributed by atoms with Crippen LogP contribution < -0.4 is 10.1 Å². The third-order valence-corrected chi connectivity index (χ3v) is 2.77. The zero-order valence-corrected chi connectivity index (χ0v) is 12.0. The Morgan fingerprint density at radius 2 is 2.16 bits per heavy atom. The fourth-order valence-electron chi connectivity index (χ4n) is 1.34. The minimum absolute atomic E-state index is 0.181. The highest BCUT2D eigenvalue weighted by atomic mass is 35.5. The second kappa shape index (κ2) is 6.08. The van der Waals surface area contributed by atoms with Gasteiger partial charge in [-0.05, 0) is 12.5 Å². The Morgan fingerprint density at radius 1 is 1.37 bits per heavy atom. The molecule has 0 saturated carbocycles. The van der Waals surface area contributed by atoms with Gasteiger partial charge in [-0.3, -0.25) is 4.68 Å². The number of anilines is 1. The minimum Gasteiger partial charge on any atom is -0.402 e. The predicted octanol–water partition coefficient (Wildman–Crippen LogP) is 3.13. The van der Waals surface area contributed by atoms with Crippen LogP contribution >= 0.6 is 23.2 Å². The van der Waals surface area contributed by atoms with Gasteiger partial charge in [0, 0.05) is 13.6 Å². The van der Waals surface area contributed by atoms with E-state index in [0.717, 1.165) is 13.0 Å². The van der Waals surface area contributed by atoms with Crippen molar-refractivity contribution in [2.45, 2.75) is 13.3 Å². The number of nitrogens with zero attached hydrogens (tertiary/aromatic N) is 4. The Labute approximate surface area is 120 Å². The van der Waals surface area contributed by atoms with Crippen LogP contribution in [-0.4, -0.2) is 26.3 Å². The number of hydrogen-bond donors (Lipinski definition) is 1. The second-order valence-electron chi connectivity index (χ2n) is 3.84. The van der Waals surface area contributed by atoms with Crippen LogP contribution in [0.2, 0.25) is 10.0 Å². The maximum absolute atomic E-state index is 6.04. The largest absolute Gasteiger partial charge is 0.402 e. The molecule has 2 heterocycles. The van der Waals surface area contributed by atoms with E-state index in [1.165, 1.54) is 11.0 Å². The molecular formula is C11H13Cl2N5O. The van der Waals surface area contributed by atoms with E-state index < -0.39 is 0 Å². The second-order valence-corrected chi connectivity index (χ2v) is 4.65. The van der Waals surface area contributed by atoms with E-state index in [-0.39, 0.29) is 11.9 Å². The average molecular weight is 302 g/mol. The molecule has 0 aromatic carbocycles. The van der Waals surface area contributed by atoms with Crippen molar-refractivity contribution >= 4 is 29.0 Å². The zero-order chi connectivity index (χ0) is 13.8. The van der Waals surface area contributed by atoms with E-state index in [2.05, 4.69) is 20.4 Å². The Morgan fingerprint density at radius 3 is 2.79 bits per heavy atom. The van der Waals surface area contributed by atoms with Crippen molar-refractivity contribution in [3.8, 4) is 11.9 Å². The van der Waals surface area contributed by atoms with Gasteiger partial charge in [-0.15, -0.1) is 5.10 Å².